The Labute approximate surface area is 225 Å². The molecule has 36 heavy (non-hydrogen) atoms. The van der Waals surface area contributed by atoms with Gasteiger partial charge in [0.1, 0.15) is 0 Å². The van der Waals surface area contributed by atoms with Crippen LogP contribution in [0.5, 0.6) is 0 Å². The minimum atomic E-state index is -3.18. The number of aliphatic hydroxyl groups is 1. The summed E-state index contributed by atoms with van der Waals surface area (Å²) < 4.78 is 17.8. The third-order valence-electron chi connectivity index (χ3n) is 7.52. The Bertz CT molecular complexity index is 496. The zero-order valence-corrected chi connectivity index (χ0v) is 25.3. The van der Waals surface area contributed by atoms with Crippen molar-refractivity contribution in [3.63, 3.8) is 0 Å². The van der Waals surface area contributed by atoms with Gasteiger partial charge in [-0.1, -0.05) is 96.8 Å². The van der Waals surface area contributed by atoms with Gasteiger partial charge in [-0.05, 0) is 19.3 Å². The first-order chi connectivity index (χ1) is 17.4. The first-order valence-electron chi connectivity index (χ1n) is 15.4. The fraction of sp³-hybridized carbons (Fsp3) is 1.00. The van der Waals surface area contributed by atoms with Gasteiger partial charge in [0.2, 0.25) is 0 Å². The van der Waals surface area contributed by atoms with Crippen molar-refractivity contribution in [2.24, 2.45) is 0 Å². The lowest BCUT2D eigenvalue weighted by Crippen LogP contribution is -2.47. The van der Waals surface area contributed by atoms with E-state index in [1.807, 2.05) is 0 Å². The standard InChI is InChI=1S/C29H62NO5Si/c1-4-5-6-7-8-9-10-11-12-13-14-15-16-17-18-19-22-30(2,3)23-20-27-36(32)34-24-21-29(31)28-33-25-26-35-36/h29,31-32H,4-28H2,1-3H3/q+1. The van der Waals surface area contributed by atoms with E-state index >= 15 is 0 Å². The SMILES string of the molecule is CCCCCCCCCCCCCCCCCC[N+](C)(C)CCC[Si]1(O)OCCOCC(O)CCO1. The minimum absolute atomic E-state index is 0.303. The van der Waals surface area contributed by atoms with E-state index in [4.69, 9.17) is 13.6 Å². The molecule has 0 saturated carbocycles. The van der Waals surface area contributed by atoms with Gasteiger partial charge in [0.05, 0.1) is 53.1 Å². The fourth-order valence-corrected chi connectivity index (χ4v) is 6.85. The molecular weight excluding hydrogens is 470 g/mol. The number of nitrogens with zero attached hydrogens (tertiary/aromatic N) is 1. The van der Waals surface area contributed by atoms with Crippen molar-refractivity contribution in [3.8, 4) is 0 Å². The molecule has 1 heterocycles. The lowest BCUT2D eigenvalue weighted by atomic mass is 10.0. The minimum Gasteiger partial charge on any atom is -0.391 e. The fourth-order valence-electron chi connectivity index (χ4n) is 5.03. The normalized spacial score (nSPS) is 22.1. The van der Waals surface area contributed by atoms with Crippen LogP contribution in [0.1, 0.15) is 122 Å². The molecule has 0 radical (unpaired) electrons. The van der Waals surface area contributed by atoms with Crippen LogP contribution < -0.4 is 0 Å². The van der Waals surface area contributed by atoms with Gasteiger partial charge in [-0.25, -0.2) is 0 Å². The molecule has 0 aliphatic carbocycles. The number of unbranched alkanes of at least 4 members (excludes halogenated alkanes) is 15. The van der Waals surface area contributed by atoms with E-state index < -0.39 is 14.9 Å². The Kier molecular flexibility index (Phi) is 20.6. The first-order valence-corrected chi connectivity index (χ1v) is 17.4. The molecule has 0 amide bonds. The van der Waals surface area contributed by atoms with Crippen molar-refractivity contribution < 1.29 is 28.0 Å². The summed E-state index contributed by atoms with van der Waals surface area (Å²) >= 11 is 0. The maximum Gasteiger partial charge on any atom is 0.498 e. The number of quaternary nitrogens is 1. The van der Waals surface area contributed by atoms with Crippen LogP contribution in [0.2, 0.25) is 6.04 Å². The highest BCUT2D eigenvalue weighted by atomic mass is 28.4. The molecule has 0 aromatic rings. The second-order valence-electron chi connectivity index (χ2n) is 11.7. The summed E-state index contributed by atoms with van der Waals surface area (Å²) in [6, 6.07) is 0.573. The average molecular weight is 533 g/mol. The zero-order valence-electron chi connectivity index (χ0n) is 24.3. The number of aliphatic hydroxyl groups excluding tert-OH is 1. The lowest BCUT2D eigenvalue weighted by Gasteiger charge is -2.31. The molecule has 0 aromatic heterocycles. The van der Waals surface area contributed by atoms with E-state index in [1.54, 1.807) is 0 Å². The summed E-state index contributed by atoms with van der Waals surface area (Å²) in [7, 11) is 1.39. The van der Waals surface area contributed by atoms with E-state index in [1.165, 1.54) is 109 Å². The summed E-state index contributed by atoms with van der Waals surface area (Å²) in [5.41, 5.74) is 0. The molecule has 0 spiro atoms. The molecule has 1 aliphatic rings. The average Bonchev–Trinajstić information content (AvgIpc) is 2.83. The van der Waals surface area contributed by atoms with E-state index in [0.29, 0.717) is 38.9 Å². The Balaban J connectivity index is 1.97. The number of ether oxygens (including phenoxy) is 1. The predicted molar refractivity (Wildman–Crippen MR) is 152 cm³/mol. The van der Waals surface area contributed by atoms with E-state index in [2.05, 4.69) is 21.0 Å². The molecular formula is C29H62NO5Si+. The van der Waals surface area contributed by atoms with Crippen LogP contribution in [0.3, 0.4) is 0 Å². The monoisotopic (exact) mass is 532 g/mol. The second kappa shape index (κ2) is 21.9. The molecule has 2 unspecified atom stereocenters. The van der Waals surface area contributed by atoms with Crippen molar-refractivity contribution in [3.05, 3.63) is 0 Å². The van der Waals surface area contributed by atoms with E-state index in [-0.39, 0.29) is 0 Å². The highest BCUT2D eigenvalue weighted by Gasteiger charge is 2.37. The number of hydrogen-bond acceptors (Lipinski definition) is 5. The van der Waals surface area contributed by atoms with Gasteiger partial charge in [0, 0.05) is 19.1 Å². The summed E-state index contributed by atoms with van der Waals surface area (Å²) in [6.07, 6.45) is 23.3. The van der Waals surface area contributed by atoms with Gasteiger partial charge in [-0.2, -0.15) is 0 Å². The van der Waals surface area contributed by atoms with Crippen molar-refractivity contribution >= 4 is 8.80 Å². The molecule has 2 N–H and O–H groups in total. The van der Waals surface area contributed by atoms with Crippen molar-refractivity contribution in [1.29, 1.82) is 0 Å². The summed E-state index contributed by atoms with van der Waals surface area (Å²) in [6.45, 7) is 5.82. The van der Waals surface area contributed by atoms with Crippen LogP contribution in [0.15, 0.2) is 0 Å². The van der Waals surface area contributed by atoms with Crippen LogP contribution in [-0.4, -0.2) is 82.9 Å². The van der Waals surface area contributed by atoms with Crippen molar-refractivity contribution in [2.45, 2.75) is 135 Å². The van der Waals surface area contributed by atoms with Crippen LogP contribution >= 0.6 is 0 Å². The third kappa shape index (κ3) is 20.0. The number of rotatable bonds is 21. The van der Waals surface area contributed by atoms with Gasteiger partial charge in [-0.3, -0.25) is 0 Å². The van der Waals surface area contributed by atoms with Gasteiger partial charge in [-0.15, -0.1) is 0 Å². The molecule has 2 atom stereocenters. The smallest absolute Gasteiger partial charge is 0.391 e. The first kappa shape index (κ1) is 34.0. The molecule has 0 bridgehead atoms. The van der Waals surface area contributed by atoms with E-state index in [0.717, 1.165) is 17.4 Å². The second-order valence-corrected chi connectivity index (χ2v) is 14.2. The summed E-state index contributed by atoms with van der Waals surface area (Å²) in [5.74, 6) is 0. The zero-order chi connectivity index (χ0) is 26.4. The molecule has 7 heteroatoms. The Morgan fingerprint density at radius 1 is 0.667 bits per heavy atom. The van der Waals surface area contributed by atoms with E-state index in [9.17, 15) is 9.90 Å². The Morgan fingerprint density at radius 2 is 1.14 bits per heavy atom. The van der Waals surface area contributed by atoms with Crippen LogP contribution in [0, 0.1) is 0 Å². The van der Waals surface area contributed by atoms with Crippen LogP contribution in [-0.2, 0) is 13.6 Å². The highest BCUT2D eigenvalue weighted by molar-refractivity contribution is 6.59. The molecule has 1 fully saturated rings. The van der Waals surface area contributed by atoms with Gasteiger partial charge < -0.3 is 28.0 Å². The Hall–Kier alpha value is -0.0231. The highest BCUT2D eigenvalue weighted by Crippen LogP contribution is 2.18. The van der Waals surface area contributed by atoms with Gasteiger partial charge >= 0.3 is 8.80 Å². The largest absolute Gasteiger partial charge is 0.498 e. The maximum absolute atomic E-state index is 10.9. The molecule has 1 rings (SSSR count). The molecule has 1 saturated heterocycles. The number of hydrogen-bond donors (Lipinski definition) is 2. The van der Waals surface area contributed by atoms with Gasteiger partial charge in [0.15, 0.2) is 0 Å². The van der Waals surface area contributed by atoms with Crippen molar-refractivity contribution in [2.75, 3.05) is 53.6 Å². The molecule has 6 nitrogen and oxygen atoms in total. The summed E-state index contributed by atoms with van der Waals surface area (Å²) in [4.78, 5) is 10.9. The predicted octanol–water partition coefficient (Wildman–Crippen LogP) is 6.46. The molecule has 0 aromatic carbocycles. The van der Waals surface area contributed by atoms with Crippen molar-refractivity contribution in [1.82, 2.24) is 0 Å². The van der Waals surface area contributed by atoms with Gasteiger partial charge in [0.25, 0.3) is 0 Å². The molecule has 1 aliphatic heterocycles. The Morgan fingerprint density at radius 3 is 1.69 bits per heavy atom. The quantitative estimate of drug-likeness (QED) is 0.101. The van der Waals surface area contributed by atoms with Crippen LogP contribution in [0.4, 0.5) is 0 Å². The molecule has 216 valence electrons. The lowest BCUT2D eigenvalue weighted by molar-refractivity contribution is -0.890. The third-order valence-corrected chi connectivity index (χ3v) is 9.81. The topological polar surface area (TPSA) is 68.2 Å². The maximum atomic E-state index is 10.9. The summed E-state index contributed by atoms with van der Waals surface area (Å²) in [5, 5.41) is 9.81. The van der Waals surface area contributed by atoms with Crippen LogP contribution in [0.25, 0.3) is 0 Å².